The maximum atomic E-state index is 13.2. The van der Waals surface area contributed by atoms with Crippen LogP contribution in [-0.2, 0) is 19.5 Å². The standard InChI is InChI=1S/C26H32ClN3O/c1-5-21-11-13-24(14-12-21)28-26(31)30(20(4)19(2)3)18-25-10-7-15-29(25)17-22-8-6-9-23(27)16-22/h6-16,19-20H,5,17-18H2,1-4H3,(H,28,31). The van der Waals surface area contributed by atoms with E-state index in [9.17, 15) is 4.79 Å². The van der Waals surface area contributed by atoms with Crippen LogP contribution >= 0.6 is 11.6 Å². The molecule has 0 aliphatic heterocycles. The molecule has 0 bridgehead atoms. The lowest BCUT2D eigenvalue weighted by Crippen LogP contribution is -2.43. The lowest BCUT2D eigenvalue weighted by Gasteiger charge is -2.32. The molecule has 2 amide bonds. The highest BCUT2D eigenvalue weighted by atomic mass is 35.5. The first-order valence-corrected chi connectivity index (χ1v) is 11.3. The predicted octanol–water partition coefficient (Wildman–Crippen LogP) is 6.83. The van der Waals surface area contributed by atoms with Crippen LogP contribution in [0.15, 0.2) is 66.9 Å². The second-order valence-electron chi connectivity index (χ2n) is 8.35. The van der Waals surface area contributed by atoms with Gasteiger partial charge in [-0.1, -0.05) is 56.6 Å². The third-order valence-corrected chi connectivity index (χ3v) is 6.06. The Morgan fingerprint density at radius 2 is 1.77 bits per heavy atom. The number of carbonyl (C=O) groups is 1. The van der Waals surface area contributed by atoms with E-state index in [4.69, 9.17) is 11.6 Å². The Hall–Kier alpha value is -2.72. The fourth-order valence-electron chi connectivity index (χ4n) is 3.53. The van der Waals surface area contributed by atoms with E-state index >= 15 is 0 Å². The number of aryl methyl sites for hydroxylation is 1. The van der Waals surface area contributed by atoms with Crippen LogP contribution < -0.4 is 5.32 Å². The normalized spacial score (nSPS) is 12.1. The van der Waals surface area contributed by atoms with Crippen molar-refractivity contribution in [2.75, 3.05) is 5.32 Å². The van der Waals surface area contributed by atoms with Crippen LogP contribution in [0.25, 0.3) is 0 Å². The number of anilines is 1. The molecule has 3 rings (SSSR count). The number of nitrogens with one attached hydrogen (secondary N) is 1. The van der Waals surface area contributed by atoms with Gasteiger partial charge in [0.1, 0.15) is 0 Å². The molecular formula is C26H32ClN3O. The number of amides is 2. The lowest BCUT2D eigenvalue weighted by molar-refractivity contribution is 0.168. The van der Waals surface area contributed by atoms with Crippen LogP contribution in [0.2, 0.25) is 5.02 Å². The number of hydrogen-bond acceptors (Lipinski definition) is 1. The fourth-order valence-corrected chi connectivity index (χ4v) is 3.75. The van der Waals surface area contributed by atoms with Gasteiger partial charge < -0.3 is 14.8 Å². The Morgan fingerprint density at radius 1 is 1.03 bits per heavy atom. The molecule has 31 heavy (non-hydrogen) atoms. The molecular weight excluding hydrogens is 406 g/mol. The zero-order valence-corrected chi connectivity index (χ0v) is 19.6. The summed E-state index contributed by atoms with van der Waals surface area (Å²) < 4.78 is 2.18. The summed E-state index contributed by atoms with van der Waals surface area (Å²) in [5, 5.41) is 3.81. The van der Waals surface area contributed by atoms with Crippen molar-refractivity contribution in [3.8, 4) is 0 Å². The van der Waals surface area contributed by atoms with Gasteiger partial charge in [-0.05, 0) is 66.8 Å². The van der Waals surface area contributed by atoms with Gasteiger partial charge in [0.25, 0.3) is 0 Å². The van der Waals surface area contributed by atoms with E-state index in [-0.39, 0.29) is 12.1 Å². The first-order valence-electron chi connectivity index (χ1n) is 10.9. The number of nitrogens with zero attached hydrogens (tertiary/aromatic N) is 2. The Balaban J connectivity index is 1.78. The second kappa shape index (κ2) is 10.5. The van der Waals surface area contributed by atoms with Gasteiger partial charge in [-0.15, -0.1) is 0 Å². The second-order valence-corrected chi connectivity index (χ2v) is 8.79. The summed E-state index contributed by atoms with van der Waals surface area (Å²) in [5.41, 5.74) is 4.29. The largest absolute Gasteiger partial charge is 0.345 e. The minimum Gasteiger partial charge on any atom is -0.345 e. The maximum Gasteiger partial charge on any atom is 0.322 e. The molecule has 164 valence electrons. The summed E-state index contributed by atoms with van der Waals surface area (Å²) in [6, 6.07) is 20.1. The van der Waals surface area contributed by atoms with E-state index in [0.717, 1.165) is 28.4 Å². The van der Waals surface area contributed by atoms with E-state index in [1.807, 2.05) is 41.3 Å². The Bertz CT molecular complexity index is 994. The molecule has 3 aromatic rings. The Kier molecular flexibility index (Phi) is 7.80. The molecule has 0 fully saturated rings. The van der Waals surface area contributed by atoms with Crippen LogP contribution in [0, 0.1) is 5.92 Å². The third-order valence-electron chi connectivity index (χ3n) is 5.83. The fraction of sp³-hybridized carbons (Fsp3) is 0.346. The summed E-state index contributed by atoms with van der Waals surface area (Å²) in [6.45, 7) is 9.77. The van der Waals surface area contributed by atoms with Crippen molar-refractivity contribution in [3.63, 3.8) is 0 Å². The molecule has 1 aromatic heterocycles. The van der Waals surface area contributed by atoms with E-state index in [1.54, 1.807) is 0 Å². The quantitative estimate of drug-likeness (QED) is 0.412. The summed E-state index contributed by atoms with van der Waals surface area (Å²) in [5.74, 6) is 0.338. The highest BCUT2D eigenvalue weighted by molar-refractivity contribution is 6.30. The number of urea groups is 1. The third kappa shape index (κ3) is 6.14. The monoisotopic (exact) mass is 437 g/mol. The van der Waals surface area contributed by atoms with Crippen molar-refractivity contribution >= 4 is 23.3 Å². The van der Waals surface area contributed by atoms with Crippen molar-refractivity contribution in [3.05, 3.63) is 88.7 Å². The predicted molar refractivity (Wildman–Crippen MR) is 130 cm³/mol. The molecule has 1 atom stereocenters. The molecule has 0 radical (unpaired) electrons. The molecule has 1 heterocycles. The number of hydrogen-bond donors (Lipinski definition) is 1. The minimum atomic E-state index is -0.0824. The van der Waals surface area contributed by atoms with Gasteiger partial charge in [0, 0.05) is 35.2 Å². The lowest BCUT2D eigenvalue weighted by atomic mass is 10.0. The van der Waals surface area contributed by atoms with Gasteiger partial charge in [-0.3, -0.25) is 0 Å². The number of carbonyl (C=O) groups excluding carboxylic acids is 1. The molecule has 0 aliphatic carbocycles. The summed E-state index contributed by atoms with van der Waals surface area (Å²) in [4.78, 5) is 15.2. The average molecular weight is 438 g/mol. The molecule has 0 saturated heterocycles. The van der Waals surface area contributed by atoms with Gasteiger partial charge in [-0.2, -0.15) is 0 Å². The van der Waals surface area contributed by atoms with Crippen molar-refractivity contribution in [2.24, 2.45) is 5.92 Å². The van der Waals surface area contributed by atoms with Gasteiger partial charge in [0.2, 0.25) is 0 Å². The van der Waals surface area contributed by atoms with E-state index in [0.29, 0.717) is 19.0 Å². The smallest absolute Gasteiger partial charge is 0.322 e. The molecule has 4 nitrogen and oxygen atoms in total. The highest BCUT2D eigenvalue weighted by Crippen LogP contribution is 2.20. The number of halogens is 1. The topological polar surface area (TPSA) is 37.3 Å². The minimum absolute atomic E-state index is 0.0824. The van der Waals surface area contributed by atoms with Crippen molar-refractivity contribution in [1.82, 2.24) is 9.47 Å². The SMILES string of the molecule is CCc1ccc(NC(=O)N(Cc2cccn2Cc2cccc(Cl)c2)C(C)C(C)C)cc1. The Morgan fingerprint density at radius 3 is 2.42 bits per heavy atom. The van der Waals surface area contributed by atoms with Crippen LogP contribution in [-0.4, -0.2) is 21.5 Å². The molecule has 1 N–H and O–H groups in total. The molecule has 5 heteroatoms. The van der Waals surface area contributed by atoms with Gasteiger partial charge >= 0.3 is 6.03 Å². The summed E-state index contributed by atoms with van der Waals surface area (Å²) >= 11 is 6.15. The van der Waals surface area contributed by atoms with Gasteiger partial charge in [-0.25, -0.2) is 4.79 Å². The molecule has 2 aromatic carbocycles. The van der Waals surface area contributed by atoms with E-state index in [1.165, 1.54) is 5.56 Å². The van der Waals surface area contributed by atoms with Crippen LogP contribution in [0.3, 0.4) is 0 Å². The highest BCUT2D eigenvalue weighted by Gasteiger charge is 2.24. The van der Waals surface area contributed by atoms with Crippen molar-refractivity contribution in [1.29, 1.82) is 0 Å². The molecule has 0 saturated carbocycles. The zero-order valence-electron chi connectivity index (χ0n) is 18.8. The van der Waals surface area contributed by atoms with Gasteiger partial charge in [0.15, 0.2) is 0 Å². The van der Waals surface area contributed by atoms with Gasteiger partial charge in [0.05, 0.1) is 6.54 Å². The summed E-state index contributed by atoms with van der Waals surface area (Å²) in [6.07, 6.45) is 3.03. The van der Waals surface area contributed by atoms with E-state index < -0.39 is 0 Å². The zero-order chi connectivity index (χ0) is 22.4. The van der Waals surface area contributed by atoms with E-state index in [2.05, 4.69) is 68.0 Å². The number of benzene rings is 2. The van der Waals surface area contributed by atoms with Crippen LogP contribution in [0.1, 0.15) is 44.5 Å². The molecule has 1 unspecified atom stereocenters. The molecule has 0 aliphatic rings. The number of rotatable bonds is 8. The summed E-state index contributed by atoms with van der Waals surface area (Å²) in [7, 11) is 0. The Labute approximate surface area is 190 Å². The van der Waals surface area contributed by atoms with Crippen LogP contribution in [0.5, 0.6) is 0 Å². The maximum absolute atomic E-state index is 13.2. The molecule has 0 spiro atoms. The van der Waals surface area contributed by atoms with Crippen molar-refractivity contribution < 1.29 is 4.79 Å². The first-order chi connectivity index (χ1) is 14.9. The average Bonchev–Trinajstić information content (AvgIpc) is 3.18. The first kappa shape index (κ1) is 23.0. The van der Waals surface area contributed by atoms with Crippen molar-refractivity contribution in [2.45, 2.75) is 53.2 Å². The van der Waals surface area contributed by atoms with Crippen LogP contribution in [0.4, 0.5) is 10.5 Å². The number of aromatic nitrogens is 1.